The van der Waals surface area contributed by atoms with E-state index in [4.69, 9.17) is 0 Å². The average Bonchev–Trinajstić information content (AvgIpc) is 2.96. The first-order chi connectivity index (χ1) is 10.1. The zero-order valence-electron chi connectivity index (χ0n) is 12.7. The predicted octanol–water partition coefficient (Wildman–Crippen LogP) is 2.21. The Balaban J connectivity index is 2.12. The van der Waals surface area contributed by atoms with Crippen molar-refractivity contribution in [2.75, 3.05) is 18.9 Å². The predicted molar refractivity (Wildman–Crippen MR) is 82.1 cm³/mol. The molecular weight excluding hydrogens is 266 g/mol. The molecule has 2 N–H and O–H groups in total. The van der Waals surface area contributed by atoms with Crippen LogP contribution in [0.2, 0.25) is 0 Å². The van der Waals surface area contributed by atoms with Gasteiger partial charge in [0.15, 0.2) is 0 Å². The number of aryl methyl sites for hydroxylation is 1. The Bertz CT molecular complexity index is 594. The summed E-state index contributed by atoms with van der Waals surface area (Å²) in [6.07, 6.45) is 4.44. The summed E-state index contributed by atoms with van der Waals surface area (Å²) < 4.78 is 0. The van der Waals surface area contributed by atoms with Crippen LogP contribution >= 0.6 is 0 Å². The number of nitrogens with one attached hydrogen (secondary N) is 2. The van der Waals surface area contributed by atoms with Crippen LogP contribution in [0.1, 0.15) is 35.2 Å². The Hall–Kier alpha value is -2.37. The third-order valence-electron chi connectivity index (χ3n) is 3.04. The number of nitrogens with zero attached hydrogens (tertiary/aromatic N) is 3. The molecule has 6 heteroatoms. The number of aromatic nitrogens is 3. The summed E-state index contributed by atoms with van der Waals surface area (Å²) in [6, 6.07) is 3.60. The first-order valence-corrected chi connectivity index (χ1v) is 7.06. The molecule has 2 aromatic rings. The Morgan fingerprint density at radius 2 is 2.24 bits per heavy atom. The molecule has 2 rings (SSSR count). The smallest absolute Gasteiger partial charge is 0.254 e. The fourth-order valence-corrected chi connectivity index (χ4v) is 2.04. The number of amides is 1. The molecule has 112 valence electrons. The third kappa shape index (κ3) is 4.05. The molecule has 0 aliphatic heterocycles. The molecule has 0 radical (unpaired) electrons. The molecule has 0 aliphatic rings. The summed E-state index contributed by atoms with van der Waals surface area (Å²) in [5.74, 6) is 1.46. The van der Waals surface area contributed by atoms with Crippen LogP contribution in [0.15, 0.2) is 24.5 Å². The average molecular weight is 287 g/mol. The van der Waals surface area contributed by atoms with Gasteiger partial charge >= 0.3 is 0 Å². The highest BCUT2D eigenvalue weighted by Crippen LogP contribution is 2.13. The van der Waals surface area contributed by atoms with Crippen molar-refractivity contribution in [3.05, 3.63) is 41.6 Å². The van der Waals surface area contributed by atoms with E-state index in [1.807, 2.05) is 6.92 Å². The molecule has 0 aromatic carbocycles. The van der Waals surface area contributed by atoms with Crippen molar-refractivity contribution in [3.8, 4) is 0 Å². The SMILES string of the molecule is CCCNc1cc(C(=O)N(C)Cc2ncc[nH]2)cc(C)n1. The number of hydrogen-bond donors (Lipinski definition) is 2. The summed E-state index contributed by atoms with van der Waals surface area (Å²) in [5.41, 5.74) is 1.46. The highest BCUT2D eigenvalue weighted by Gasteiger charge is 2.14. The van der Waals surface area contributed by atoms with Gasteiger partial charge in [-0.15, -0.1) is 0 Å². The number of imidazole rings is 1. The van der Waals surface area contributed by atoms with Crippen LogP contribution in [0.3, 0.4) is 0 Å². The molecule has 2 aromatic heterocycles. The fourth-order valence-electron chi connectivity index (χ4n) is 2.04. The molecule has 6 nitrogen and oxygen atoms in total. The van der Waals surface area contributed by atoms with Crippen LogP contribution in [0.25, 0.3) is 0 Å². The van der Waals surface area contributed by atoms with Crippen molar-refractivity contribution in [2.45, 2.75) is 26.8 Å². The van der Waals surface area contributed by atoms with Gasteiger partial charge in [0.1, 0.15) is 11.6 Å². The minimum Gasteiger partial charge on any atom is -0.370 e. The Morgan fingerprint density at radius 1 is 1.43 bits per heavy atom. The van der Waals surface area contributed by atoms with E-state index in [-0.39, 0.29) is 5.91 Å². The van der Waals surface area contributed by atoms with Crippen LogP contribution in [-0.4, -0.2) is 39.4 Å². The van der Waals surface area contributed by atoms with E-state index < -0.39 is 0 Å². The highest BCUT2D eigenvalue weighted by atomic mass is 16.2. The molecule has 0 saturated heterocycles. The van der Waals surface area contributed by atoms with Gasteiger partial charge < -0.3 is 15.2 Å². The van der Waals surface area contributed by atoms with Crippen molar-refractivity contribution >= 4 is 11.7 Å². The van der Waals surface area contributed by atoms with Gasteiger partial charge in [-0.2, -0.15) is 0 Å². The van der Waals surface area contributed by atoms with Gasteiger partial charge in [0, 0.05) is 37.2 Å². The maximum Gasteiger partial charge on any atom is 0.254 e. The van der Waals surface area contributed by atoms with Crippen LogP contribution in [0, 0.1) is 6.92 Å². The first kappa shape index (κ1) is 15.0. The molecule has 0 bridgehead atoms. The number of aromatic amines is 1. The molecule has 0 atom stereocenters. The zero-order chi connectivity index (χ0) is 15.2. The van der Waals surface area contributed by atoms with Gasteiger partial charge in [0.2, 0.25) is 0 Å². The van der Waals surface area contributed by atoms with Crippen LogP contribution in [0.5, 0.6) is 0 Å². The summed E-state index contributed by atoms with van der Waals surface area (Å²) in [6.45, 7) is 5.27. The normalized spacial score (nSPS) is 10.4. The molecule has 21 heavy (non-hydrogen) atoms. The molecule has 0 saturated carbocycles. The van der Waals surface area contributed by atoms with E-state index in [1.165, 1.54) is 0 Å². The summed E-state index contributed by atoms with van der Waals surface area (Å²) in [4.78, 5) is 25.6. The highest BCUT2D eigenvalue weighted by molar-refractivity contribution is 5.94. The van der Waals surface area contributed by atoms with Crippen LogP contribution in [-0.2, 0) is 6.54 Å². The van der Waals surface area contributed by atoms with E-state index in [1.54, 1.807) is 36.5 Å². The second-order valence-electron chi connectivity index (χ2n) is 5.01. The minimum absolute atomic E-state index is 0.0450. The van der Waals surface area contributed by atoms with E-state index in [0.717, 1.165) is 30.3 Å². The lowest BCUT2D eigenvalue weighted by Crippen LogP contribution is -2.27. The number of carbonyl (C=O) groups is 1. The fraction of sp³-hybridized carbons (Fsp3) is 0.400. The van der Waals surface area contributed by atoms with Crippen molar-refractivity contribution in [1.29, 1.82) is 0 Å². The maximum atomic E-state index is 12.5. The number of hydrogen-bond acceptors (Lipinski definition) is 4. The van der Waals surface area contributed by atoms with E-state index in [2.05, 4.69) is 27.2 Å². The first-order valence-electron chi connectivity index (χ1n) is 7.06. The number of H-pyrrole nitrogens is 1. The van der Waals surface area contributed by atoms with E-state index in [0.29, 0.717) is 12.1 Å². The summed E-state index contributed by atoms with van der Waals surface area (Å²) in [5, 5.41) is 3.21. The van der Waals surface area contributed by atoms with Gasteiger partial charge in [0.25, 0.3) is 5.91 Å². The summed E-state index contributed by atoms with van der Waals surface area (Å²) in [7, 11) is 1.76. The summed E-state index contributed by atoms with van der Waals surface area (Å²) >= 11 is 0. The van der Waals surface area contributed by atoms with E-state index in [9.17, 15) is 4.79 Å². The van der Waals surface area contributed by atoms with Crippen molar-refractivity contribution in [1.82, 2.24) is 19.9 Å². The lowest BCUT2D eigenvalue weighted by Gasteiger charge is -2.17. The standard InChI is InChI=1S/C15H21N5O/c1-4-5-16-13-9-12(8-11(2)19-13)15(21)20(3)10-14-17-6-7-18-14/h6-9H,4-5,10H2,1-3H3,(H,16,19)(H,17,18). The second-order valence-corrected chi connectivity index (χ2v) is 5.01. The van der Waals surface area contributed by atoms with Gasteiger partial charge in [-0.05, 0) is 25.5 Å². The van der Waals surface area contributed by atoms with Crippen LogP contribution in [0.4, 0.5) is 5.82 Å². The minimum atomic E-state index is -0.0450. The van der Waals surface area contributed by atoms with Gasteiger partial charge in [-0.1, -0.05) is 6.92 Å². The number of anilines is 1. The molecule has 0 unspecified atom stereocenters. The Morgan fingerprint density at radius 3 is 2.90 bits per heavy atom. The lowest BCUT2D eigenvalue weighted by molar-refractivity contribution is 0.0781. The molecule has 0 aliphatic carbocycles. The van der Waals surface area contributed by atoms with Crippen molar-refractivity contribution in [2.24, 2.45) is 0 Å². The Kier molecular flexibility index (Phi) is 4.92. The quantitative estimate of drug-likeness (QED) is 0.854. The molecular formula is C15H21N5O. The lowest BCUT2D eigenvalue weighted by atomic mass is 10.2. The van der Waals surface area contributed by atoms with Gasteiger partial charge in [0.05, 0.1) is 6.54 Å². The van der Waals surface area contributed by atoms with Crippen molar-refractivity contribution < 1.29 is 4.79 Å². The van der Waals surface area contributed by atoms with E-state index >= 15 is 0 Å². The number of rotatable bonds is 6. The van der Waals surface area contributed by atoms with Gasteiger partial charge in [-0.3, -0.25) is 4.79 Å². The molecule has 0 spiro atoms. The topological polar surface area (TPSA) is 73.9 Å². The van der Waals surface area contributed by atoms with Gasteiger partial charge in [-0.25, -0.2) is 9.97 Å². The molecule has 1 amide bonds. The van der Waals surface area contributed by atoms with Crippen molar-refractivity contribution in [3.63, 3.8) is 0 Å². The number of carbonyl (C=O) groups excluding carboxylic acids is 1. The Labute approximate surface area is 124 Å². The third-order valence-corrected chi connectivity index (χ3v) is 3.04. The monoisotopic (exact) mass is 287 g/mol. The second kappa shape index (κ2) is 6.88. The zero-order valence-corrected chi connectivity index (χ0v) is 12.7. The number of pyridine rings is 1. The van der Waals surface area contributed by atoms with Crippen LogP contribution < -0.4 is 5.32 Å². The maximum absolute atomic E-state index is 12.5. The largest absolute Gasteiger partial charge is 0.370 e. The molecule has 2 heterocycles. The molecule has 0 fully saturated rings.